The largest absolute Gasteiger partial charge is 0.306 e. The molecule has 0 saturated heterocycles. The van der Waals surface area contributed by atoms with Crippen LogP contribution >= 0.6 is 0 Å². The molecule has 3 heterocycles. The predicted molar refractivity (Wildman–Crippen MR) is 305 cm³/mol. The normalized spacial score (nSPS) is 11.4. The molecule has 0 N–H and O–H groups in total. The minimum atomic E-state index is 0.198. The lowest BCUT2D eigenvalue weighted by atomic mass is 9.96. The van der Waals surface area contributed by atoms with Crippen molar-refractivity contribution in [3.05, 3.63) is 259 Å². The molecule has 14 rings (SSSR count). The van der Waals surface area contributed by atoms with E-state index < -0.39 is 0 Å². The Kier molecular flexibility index (Phi) is 9.92. The fourth-order valence-electron chi connectivity index (χ4n) is 11.6. The first-order valence-corrected chi connectivity index (χ1v) is 24.9. The number of para-hydroxylation sites is 2. The fraction of sp³-hybridized carbons (Fsp3) is 0. The maximum Gasteiger partial charge on any atom is 0.104 e. The highest BCUT2D eigenvalue weighted by Gasteiger charge is 2.33. The molecule has 0 atom stereocenters. The molecule has 346 valence electrons. The average Bonchev–Trinajstić information content (AvgIpc) is 4.11. The standard InChI is InChI=1S/C69H40N6/c70-41-58-67(73-61-27-15-13-25-52(61)53-26-14-16-28-62(53)73)59(42-71)69(75-65-35-31-50(46-21-9-3-10-22-46)39-56(65)57-40-51(32-36-66(57)75)47-23-11-4-12-24-47)60(43-72)68(58)74-63-33-29-48(44-17-5-1-6-18-44)37-54(63)55-38-49(30-34-64(55)74)45-19-7-2-8-20-45/h1-40H. The first-order valence-electron chi connectivity index (χ1n) is 24.9. The van der Waals surface area contributed by atoms with Gasteiger partial charge in [0.15, 0.2) is 0 Å². The second-order valence-electron chi connectivity index (χ2n) is 18.9. The summed E-state index contributed by atoms with van der Waals surface area (Å²) in [5.41, 5.74) is 15.1. The molecule has 0 spiro atoms. The molecule has 0 saturated carbocycles. The van der Waals surface area contributed by atoms with E-state index in [2.05, 4.69) is 165 Å². The summed E-state index contributed by atoms with van der Waals surface area (Å²) in [6.45, 7) is 0. The van der Waals surface area contributed by atoms with E-state index in [1.165, 1.54) is 0 Å². The van der Waals surface area contributed by atoms with Crippen LogP contribution in [0, 0.1) is 34.0 Å². The number of hydrogen-bond acceptors (Lipinski definition) is 3. The van der Waals surface area contributed by atoms with E-state index in [9.17, 15) is 15.8 Å². The van der Waals surface area contributed by atoms with Gasteiger partial charge >= 0.3 is 0 Å². The van der Waals surface area contributed by atoms with Crippen molar-refractivity contribution < 1.29 is 0 Å². The van der Waals surface area contributed by atoms with Crippen LogP contribution in [0.5, 0.6) is 0 Å². The van der Waals surface area contributed by atoms with Gasteiger partial charge in [0.1, 0.15) is 34.9 Å². The Bertz CT molecular complexity index is 4280. The third-order valence-electron chi connectivity index (χ3n) is 15.0. The van der Waals surface area contributed by atoms with Crippen LogP contribution in [-0.2, 0) is 0 Å². The van der Waals surface area contributed by atoms with Crippen LogP contribution in [0.2, 0.25) is 0 Å². The van der Waals surface area contributed by atoms with Crippen molar-refractivity contribution in [3.63, 3.8) is 0 Å². The zero-order valence-electron chi connectivity index (χ0n) is 40.3. The van der Waals surface area contributed by atoms with Crippen molar-refractivity contribution in [2.45, 2.75) is 0 Å². The van der Waals surface area contributed by atoms with Crippen molar-refractivity contribution in [3.8, 4) is 79.8 Å². The van der Waals surface area contributed by atoms with Crippen molar-refractivity contribution in [1.82, 2.24) is 13.7 Å². The highest BCUT2D eigenvalue weighted by atomic mass is 15.1. The van der Waals surface area contributed by atoms with Crippen LogP contribution in [0.3, 0.4) is 0 Å². The zero-order valence-corrected chi connectivity index (χ0v) is 40.3. The van der Waals surface area contributed by atoms with Gasteiger partial charge in [-0.2, -0.15) is 15.8 Å². The number of nitrogens with zero attached hydrogens (tertiary/aromatic N) is 6. The van der Waals surface area contributed by atoms with Crippen LogP contribution in [0.15, 0.2) is 243 Å². The highest BCUT2D eigenvalue weighted by Crippen LogP contribution is 2.47. The summed E-state index contributed by atoms with van der Waals surface area (Å²) in [7, 11) is 0. The molecule has 0 radical (unpaired) electrons. The molecule has 0 fully saturated rings. The lowest BCUT2D eigenvalue weighted by molar-refractivity contribution is 1.06. The summed E-state index contributed by atoms with van der Waals surface area (Å²) in [5, 5.41) is 42.0. The van der Waals surface area contributed by atoms with E-state index in [-0.39, 0.29) is 16.7 Å². The Hall–Kier alpha value is -10.7. The fourth-order valence-corrected chi connectivity index (χ4v) is 11.6. The Balaban J connectivity index is 1.18. The minimum Gasteiger partial charge on any atom is -0.306 e. The van der Waals surface area contributed by atoms with Crippen LogP contribution in [-0.4, -0.2) is 13.7 Å². The molecule has 0 aliphatic rings. The number of fused-ring (bicyclic) bond motifs is 9. The quantitative estimate of drug-likeness (QED) is 0.159. The van der Waals surface area contributed by atoms with Crippen LogP contribution < -0.4 is 0 Å². The van der Waals surface area contributed by atoms with Gasteiger partial charge in [0.05, 0.1) is 50.2 Å². The zero-order chi connectivity index (χ0) is 50.1. The topological polar surface area (TPSA) is 86.2 Å². The smallest absolute Gasteiger partial charge is 0.104 e. The minimum absolute atomic E-state index is 0.198. The molecule has 6 nitrogen and oxygen atoms in total. The van der Waals surface area contributed by atoms with Gasteiger partial charge in [-0.3, -0.25) is 0 Å². The Morgan fingerprint density at radius 3 is 0.693 bits per heavy atom. The van der Waals surface area contributed by atoms with Crippen LogP contribution in [0.25, 0.3) is 127 Å². The number of nitriles is 3. The molecular weight excluding hydrogens is 913 g/mol. The van der Waals surface area contributed by atoms with Crippen molar-refractivity contribution in [2.75, 3.05) is 0 Å². The molecular formula is C69H40N6. The summed E-state index contributed by atoms with van der Waals surface area (Å²) < 4.78 is 6.27. The van der Waals surface area contributed by atoms with Crippen LogP contribution in [0.4, 0.5) is 0 Å². The molecule has 0 amide bonds. The van der Waals surface area contributed by atoms with Crippen molar-refractivity contribution in [1.29, 1.82) is 15.8 Å². The molecule has 0 aliphatic carbocycles. The van der Waals surface area contributed by atoms with Gasteiger partial charge in [-0.25, -0.2) is 0 Å². The molecule has 3 aromatic heterocycles. The molecule has 0 aliphatic heterocycles. The molecule has 0 unspecified atom stereocenters. The van der Waals surface area contributed by atoms with Gasteiger partial charge in [-0.1, -0.05) is 182 Å². The first kappa shape index (κ1) is 43.1. The Morgan fingerprint density at radius 2 is 0.440 bits per heavy atom. The van der Waals surface area contributed by atoms with Crippen LogP contribution in [0.1, 0.15) is 16.7 Å². The summed E-state index contributed by atoms with van der Waals surface area (Å²) in [6.07, 6.45) is 0. The maximum absolute atomic E-state index is 12.2. The van der Waals surface area contributed by atoms with E-state index in [1.54, 1.807) is 0 Å². The second kappa shape index (κ2) is 17.3. The maximum atomic E-state index is 12.2. The summed E-state index contributed by atoms with van der Waals surface area (Å²) in [6, 6.07) is 91.4. The number of aromatic nitrogens is 3. The lowest BCUT2D eigenvalue weighted by Crippen LogP contribution is -2.14. The third-order valence-corrected chi connectivity index (χ3v) is 15.0. The number of hydrogen-bond donors (Lipinski definition) is 0. The summed E-state index contributed by atoms with van der Waals surface area (Å²) in [5.74, 6) is 0. The van der Waals surface area contributed by atoms with Gasteiger partial charge in [-0.15, -0.1) is 0 Å². The first-order chi connectivity index (χ1) is 37.1. The van der Waals surface area contributed by atoms with Gasteiger partial charge in [0, 0.05) is 32.3 Å². The highest BCUT2D eigenvalue weighted by molar-refractivity contribution is 6.15. The van der Waals surface area contributed by atoms with E-state index in [0.717, 1.165) is 110 Å². The molecule has 6 heteroatoms. The van der Waals surface area contributed by atoms with E-state index in [0.29, 0.717) is 17.1 Å². The molecule has 14 aromatic rings. The van der Waals surface area contributed by atoms with E-state index >= 15 is 0 Å². The summed E-state index contributed by atoms with van der Waals surface area (Å²) >= 11 is 0. The third kappa shape index (κ3) is 6.64. The van der Waals surface area contributed by atoms with Gasteiger partial charge in [0.2, 0.25) is 0 Å². The summed E-state index contributed by atoms with van der Waals surface area (Å²) in [4.78, 5) is 0. The molecule has 11 aromatic carbocycles. The lowest BCUT2D eigenvalue weighted by Gasteiger charge is -2.23. The SMILES string of the molecule is N#Cc1c(-n2c3ccccc3c3ccccc32)c(C#N)c(-n2c3ccc(-c4ccccc4)cc3c3cc(-c4ccccc4)ccc32)c(C#N)c1-n1c2ccc(-c3ccccc3)cc2c2cc(-c3ccccc3)ccc21. The van der Waals surface area contributed by atoms with E-state index in [4.69, 9.17) is 0 Å². The van der Waals surface area contributed by atoms with E-state index in [1.807, 2.05) is 109 Å². The van der Waals surface area contributed by atoms with Gasteiger partial charge in [-0.05, 0) is 105 Å². The second-order valence-corrected chi connectivity index (χ2v) is 18.9. The van der Waals surface area contributed by atoms with Crippen molar-refractivity contribution >= 4 is 65.4 Å². The number of benzene rings is 11. The monoisotopic (exact) mass is 952 g/mol. The average molecular weight is 953 g/mol. The van der Waals surface area contributed by atoms with Crippen molar-refractivity contribution in [2.24, 2.45) is 0 Å². The molecule has 75 heavy (non-hydrogen) atoms. The molecule has 0 bridgehead atoms. The Morgan fingerprint density at radius 1 is 0.213 bits per heavy atom. The predicted octanol–water partition coefficient (Wildman–Crippen LogP) is 17.3. The number of rotatable bonds is 7. The van der Waals surface area contributed by atoms with Gasteiger partial charge < -0.3 is 13.7 Å². The Labute approximate surface area is 431 Å². The van der Waals surface area contributed by atoms with Gasteiger partial charge in [0.25, 0.3) is 0 Å².